The van der Waals surface area contributed by atoms with E-state index in [-0.39, 0.29) is 30.6 Å². The van der Waals surface area contributed by atoms with Gasteiger partial charge in [-0.2, -0.15) is 0 Å². The van der Waals surface area contributed by atoms with Crippen LogP contribution in [0.2, 0.25) is 0 Å². The third-order valence-corrected chi connectivity index (χ3v) is 5.39. The topological polar surface area (TPSA) is 59.1 Å². The number of anilines is 2. The Labute approximate surface area is 185 Å². The number of nitrogens with zero attached hydrogens (tertiary/aromatic N) is 2. The number of nitrogens with one attached hydrogen (secondary N) is 2. The molecule has 3 heterocycles. The molecular weight excluding hydrogens is 434 g/mol. The third kappa shape index (κ3) is 6.62. The molecule has 4 rings (SSSR count). The van der Waals surface area contributed by atoms with E-state index in [1.165, 1.54) is 29.0 Å². The van der Waals surface area contributed by atoms with Gasteiger partial charge in [0.1, 0.15) is 11.6 Å². The standard InChI is InChI=1S/C20H21FN4OS.2ClH/c21-17-3-1-16(2-4-17)18-12-24-20(27-18)25-19-10-14(5-6-23-19)9-15-11-22-7-8-26-13-15;;/h1-6,10,12,15,22H,7-9,11,13H2,(H,23,24,25);2*1H. The molecule has 9 heteroatoms. The number of hydrogen-bond acceptors (Lipinski definition) is 6. The fourth-order valence-corrected chi connectivity index (χ4v) is 3.91. The number of thiazole rings is 1. The molecule has 1 fully saturated rings. The van der Waals surface area contributed by atoms with Gasteiger partial charge < -0.3 is 15.4 Å². The van der Waals surface area contributed by atoms with Crippen molar-refractivity contribution < 1.29 is 9.13 Å². The molecule has 2 N–H and O–H groups in total. The maximum absolute atomic E-state index is 13.1. The van der Waals surface area contributed by atoms with Gasteiger partial charge in [-0.15, -0.1) is 24.8 Å². The summed E-state index contributed by atoms with van der Waals surface area (Å²) >= 11 is 1.52. The summed E-state index contributed by atoms with van der Waals surface area (Å²) in [6, 6.07) is 10.5. The SMILES string of the molecule is Cl.Cl.Fc1ccc(-c2cnc(Nc3cc(CC4CNCCOC4)ccn3)s2)cc1. The first-order valence-corrected chi connectivity index (χ1v) is 9.80. The van der Waals surface area contributed by atoms with Gasteiger partial charge in [-0.05, 0) is 47.7 Å². The van der Waals surface area contributed by atoms with Gasteiger partial charge in [-0.25, -0.2) is 14.4 Å². The van der Waals surface area contributed by atoms with E-state index in [0.29, 0.717) is 5.92 Å². The molecule has 1 aromatic carbocycles. The van der Waals surface area contributed by atoms with Crippen molar-refractivity contribution in [1.82, 2.24) is 15.3 Å². The first-order valence-electron chi connectivity index (χ1n) is 8.98. The van der Waals surface area contributed by atoms with Gasteiger partial charge in [0.2, 0.25) is 0 Å². The average Bonchev–Trinajstić information content (AvgIpc) is 2.98. The van der Waals surface area contributed by atoms with Crippen LogP contribution in [0.25, 0.3) is 10.4 Å². The van der Waals surface area contributed by atoms with Gasteiger partial charge in [0.05, 0.1) is 18.1 Å². The zero-order valence-corrected chi connectivity index (χ0v) is 18.1. The molecule has 1 aliphatic rings. The van der Waals surface area contributed by atoms with Crippen LogP contribution in [-0.2, 0) is 11.2 Å². The first kappa shape index (κ1) is 23.5. The van der Waals surface area contributed by atoms with Crippen LogP contribution in [0.3, 0.4) is 0 Å². The minimum atomic E-state index is -0.239. The number of rotatable bonds is 5. The molecule has 1 saturated heterocycles. The van der Waals surface area contributed by atoms with Gasteiger partial charge in [0.25, 0.3) is 0 Å². The van der Waals surface area contributed by atoms with E-state index in [0.717, 1.165) is 54.1 Å². The van der Waals surface area contributed by atoms with Gasteiger partial charge in [-0.1, -0.05) is 23.5 Å². The lowest BCUT2D eigenvalue weighted by Crippen LogP contribution is -2.24. The molecule has 0 radical (unpaired) electrons. The summed E-state index contributed by atoms with van der Waals surface area (Å²) in [5.41, 5.74) is 2.17. The molecule has 29 heavy (non-hydrogen) atoms. The highest BCUT2D eigenvalue weighted by atomic mass is 35.5. The molecule has 5 nitrogen and oxygen atoms in total. The Morgan fingerprint density at radius 1 is 1.17 bits per heavy atom. The number of hydrogen-bond donors (Lipinski definition) is 2. The van der Waals surface area contributed by atoms with Crippen molar-refractivity contribution in [3.8, 4) is 10.4 Å². The molecule has 0 aliphatic carbocycles. The normalized spacial score (nSPS) is 16.2. The van der Waals surface area contributed by atoms with Crippen LogP contribution in [0.1, 0.15) is 5.56 Å². The lowest BCUT2D eigenvalue weighted by Gasteiger charge is -2.14. The van der Waals surface area contributed by atoms with Crippen molar-refractivity contribution in [1.29, 1.82) is 0 Å². The maximum atomic E-state index is 13.1. The summed E-state index contributed by atoms with van der Waals surface area (Å²) < 4.78 is 18.7. The Hall–Kier alpha value is -1.77. The van der Waals surface area contributed by atoms with Gasteiger partial charge in [0.15, 0.2) is 5.13 Å². The molecular formula is C20H23Cl2FN4OS. The Balaban J connectivity index is 0.00000150. The van der Waals surface area contributed by atoms with Crippen molar-refractivity contribution in [3.05, 3.63) is 60.2 Å². The van der Waals surface area contributed by atoms with Crippen LogP contribution in [0.15, 0.2) is 48.8 Å². The second kappa shape index (κ2) is 11.4. The van der Waals surface area contributed by atoms with Crippen molar-refractivity contribution >= 4 is 47.1 Å². The zero-order chi connectivity index (χ0) is 18.5. The Kier molecular flexibility index (Phi) is 9.26. The van der Waals surface area contributed by atoms with Crippen molar-refractivity contribution in [2.75, 3.05) is 31.6 Å². The Morgan fingerprint density at radius 3 is 2.83 bits per heavy atom. The third-order valence-electron chi connectivity index (χ3n) is 4.43. The van der Waals surface area contributed by atoms with E-state index in [1.807, 2.05) is 12.3 Å². The summed E-state index contributed by atoms with van der Waals surface area (Å²) in [6.45, 7) is 3.45. The predicted octanol–water partition coefficient (Wildman–Crippen LogP) is 4.71. The lowest BCUT2D eigenvalue weighted by molar-refractivity contribution is 0.123. The molecule has 0 amide bonds. The van der Waals surface area contributed by atoms with Crippen LogP contribution in [0.5, 0.6) is 0 Å². The van der Waals surface area contributed by atoms with Gasteiger partial charge >= 0.3 is 0 Å². The van der Waals surface area contributed by atoms with Crippen LogP contribution >= 0.6 is 36.2 Å². The van der Waals surface area contributed by atoms with E-state index in [9.17, 15) is 4.39 Å². The Bertz CT molecular complexity index is 886. The monoisotopic (exact) mass is 456 g/mol. The number of benzene rings is 1. The minimum Gasteiger partial charge on any atom is -0.380 e. The number of ether oxygens (including phenoxy) is 1. The highest BCUT2D eigenvalue weighted by Crippen LogP contribution is 2.30. The smallest absolute Gasteiger partial charge is 0.188 e. The second-order valence-corrected chi connectivity index (χ2v) is 7.59. The first-order chi connectivity index (χ1) is 13.3. The molecule has 3 aromatic rings. The largest absolute Gasteiger partial charge is 0.380 e. The molecule has 1 aliphatic heterocycles. The van der Waals surface area contributed by atoms with Crippen LogP contribution in [0, 0.1) is 11.7 Å². The average molecular weight is 457 g/mol. The van der Waals surface area contributed by atoms with Crippen LogP contribution in [-0.4, -0.2) is 36.3 Å². The minimum absolute atomic E-state index is 0. The van der Waals surface area contributed by atoms with E-state index in [4.69, 9.17) is 4.74 Å². The number of pyridine rings is 1. The van der Waals surface area contributed by atoms with E-state index < -0.39 is 0 Å². The summed E-state index contributed by atoms with van der Waals surface area (Å²) in [6.07, 6.45) is 4.55. The van der Waals surface area contributed by atoms with Crippen molar-refractivity contribution in [2.45, 2.75) is 6.42 Å². The number of halogens is 3. The highest BCUT2D eigenvalue weighted by molar-refractivity contribution is 7.18. The summed E-state index contributed by atoms with van der Waals surface area (Å²) in [7, 11) is 0. The summed E-state index contributed by atoms with van der Waals surface area (Å²) in [5.74, 6) is 1.000. The fraction of sp³-hybridized carbons (Fsp3) is 0.300. The molecule has 1 unspecified atom stereocenters. The van der Waals surface area contributed by atoms with E-state index in [2.05, 4.69) is 26.7 Å². The maximum Gasteiger partial charge on any atom is 0.188 e. The van der Waals surface area contributed by atoms with Gasteiger partial charge in [-0.3, -0.25) is 0 Å². The molecule has 0 spiro atoms. The number of aromatic nitrogens is 2. The van der Waals surface area contributed by atoms with E-state index >= 15 is 0 Å². The second-order valence-electron chi connectivity index (χ2n) is 6.56. The molecule has 156 valence electrons. The molecule has 2 aromatic heterocycles. The van der Waals surface area contributed by atoms with E-state index in [1.54, 1.807) is 18.3 Å². The van der Waals surface area contributed by atoms with Crippen LogP contribution in [0.4, 0.5) is 15.3 Å². The molecule has 0 saturated carbocycles. The summed E-state index contributed by atoms with van der Waals surface area (Å²) in [4.78, 5) is 9.79. The summed E-state index contributed by atoms with van der Waals surface area (Å²) in [5, 5.41) is 7.44. The molecule has 1 atom stereocenters. The lowest BCUT2D eigenvalue weighted by atomic mass is 10.0. The highest BCUT2D eigenvalue weighted by Gasteiger charge is 2.13. The van der Waals surface area contributed by atoms with Crippen molar-refractivity contribution in [2.24, 2.45) is 5.92 Å². The van der Waals surface area contributed by atoms with Gasteiger partial charge in [0, 0.05) is 25.5 Å². The molecule has 0 bridgehead atoms. The zero-order valence-electron chi connectivity index (χ0n) is 15.6. The quantitative estimate of drug-likeness (QED) is 0.581. The fourth-order valence-electron chi connectivity index (χ4n) is 3.08. The predicted molar refractivity (Wildman–Crippen MR) is 120 cm³/mol. The van der Waals surface area contributed by atoms with Crippen molar-refractivity contribution in [3.63, 3.8) is 0 Å². The Morgan fingerprint density at radius 2 is 2.00 bits per heavy atom. The van der Waals surface area contributed by atoms with Crippen LogP contribution < -0.4 is 10.6 Å².